The topological polar surface area (TPSA) is 122 Å². The molecule has 0 spiro atoms. The van der Waals surface area contributed by atoms with Gasteiger partial charge < -0.3 is 10.6 Å². The molecule has 3 rings (SSSR count). The van der Waals surface area contributed by atoms with Gasteiger partial charge in [-0.2, -0.15) is 4.31 Å². The van der Waals surface area contributed by atoms with Gasteiger partial charge in [-0.15, -0.1) is 12.4 Å². The quantitative estimate of drug-likeness (QED) is 0.544. The third-order valence-corrected chi connectivity index (χ3v) is 6.69. The molecule has 2 fully saturated rings. The number of nitro groups is 1. The number of piperidine rings is 1. The number of hydrogen-bond donors (Lipinski definition) is 2. The number of nitrogens with one attached hydrogen (secondary N) is 2. The van der Waals surface area contributed by atoms with Crippen molar-refractivity contribution < 1.29 is 18.1 Å². The molecule has 0 aliphatic carbocycles. The lowest BCUT2D eigenvalue weighted by Gasteiger charge is -2.28. The van der Waals surface area contributed by atoms with Crippen molar-refractivity contribution in [3.63, 3.8) is 0 Å². The summed E-state index contributed by atoms with van der Waals surface area (Å²) in [5, 5.41) is 17.1. The first-order chi connectivity index (χ1) is 12.4. The molecule has 2 aliphatic rings. The third kappa shape index (κ3) is 4.75. The zero-order valence-electron chi connectivity index (χ0n) is 14.7. The Labute approximate surface area is 164 Å². The lowest BCUT2D eigenvalue weighted by molar-refractivity contribution is -0.385. The van der Waals surface area contributed by atoms with Crippen LogP contribution < -0.4 is 10.6 Å². The molecule has 2 saturated heterocycles. The molecular formula is C16H23ClN4O5S. The van der Waals surface area contributed by atoms with Gasteiger partial charge in [0.2, 0.25) is 15.9 Å². The Bertz CT molecular complexity index is 798. The van der Waals surface area contributed by atoms with Crippen LogP contribution in [0.5, 0.6) is 0 Å². The average molecular weight is 419 g/mol. The fraction of sp³-hybridized carbons (Fsp3) is 0.562. The molecule has 1 aromatic carbocycles. The summed E-state index contributed by atoms with van der Waals surface area (Å²) in [7, 11) is -3.98. The number of halogens is 1. The molecule has 0 radical (unpaired) electrons. The molecule has 1 amide bonds. The summed E-state index contributed by atoms with van der Waals surface area (Å²) >= 11 is 0. The van der Waals surface area contributed by atoms with Gasteiger partial charge in [-0.3, -0.25) is 14.9 Å². The molecule has 0 saturated carbocycles. The highest BCUT2D eigenvalue weighted by molar-refractivity contribution is 7.89. The van der Waals surface area contributed by atoms with Gasteiger partial charge in [-0.1, -0.05) is 6.07 Å². The van der Waals surface area contributed by atoms with E-state index in [0.717, 1.165) is 29.8 Å². The normalized spacial score (nSPS) is 23.4. The van der Waals surface area contributed by atoms with Crippen molar-refractivity contribution >= 4 is 34.0 Å². The van der Waals surface area contributed by atoms with Crippen LogP contribution in [0.2, 0.25) is 0 Å². The number of nitrogens with zero attached hydrogens (tertiary/aromatic N) is 2. The lowest BCUT2D eigenvalue weighted by atomic mass is 10.1. The molecule has 0 bridgehead atoms. The fourth-order valence-corrected chi connectivity index (χ4v) is 5.15. The number of carbonyl (C=O) groups is 1. The van der Waals surface area contributed by atoms with Crippen LogP contribution in [0.25, 0.3) is 0 Å². The Morgan fingerprint density at radius 1 is 1.30 bits per heavy atom. The molecule has 2 heterocycles. The van der Waals surface area contributed by atoms with Crippen molar-refractivity contribution in [3.8, 4) is 0 Å². The maximum Gasteiger partial charge on any atom is 0.270 e. The van der Waals surface area contributed by atoms with Crippen LogP contribution in [0.1, 0.15) is 25.7 Å². The predicted molar refractivity (Wildman–Crippen MR) is 101 cm³/mol. The Kier molecular flexibility index (Phi) is 7.15. The second kappa shape index (κ2) is 8.96. The number of rotatable bonds is 5. The fourth-order valence-electron chi connectivity index (χ4n) is 3.46. The van der Waals surface area contributed by atoms with E-state index in [-0.39, 0.29) is 41.5 Å². The maximum absolute atomic E-state index is 12.9. The van der Waals surface area contributed by atoms with E-state index in [1.807, 2.05) is 0 Å². The van der Waals surface area contributed by atoms with Gasteiger partial charge in [0.1, 0.15) is 6.04 Å². The number of carbonyl (C=O) groups excluding carboxylic acids is 1. The SMILES string of the molecule is Cl.O=C(N[C@H]1CCCNC1)C1CCCN1S(=O)(=O)c1cccc([N+](=O)[O-])c1. The number of benzene rings is 1. The monoisotopic (exact) mass is 418 g/mol. The summed E-state index contributed by atoms with van der Waals surface area (Å²) in [5.74, 6) is -0.301. The van der Waals surface area contributed by atoms with E-state index in [1.54, 1.807) is 0 Å². The summed E-state index contributed by atoms with van der Waals surface area (Å²) in [6, 6.07) is 4.15. The van der Waals surface area contributed by atoms with Crippen LogP contribution in [0.4, 0.5) is 5.69 Å². The highest BCUT2D eigenvalue weighted by Gasteiger charge is 2.40. The van der Waals surface area contributed by atoms with Gasteiger partial charge in [0.15, 0.2) is 0 Å². The Morgan fingerprint density at radius 2 is 2.07 bits per heavy atom. The van der Waals surface area contributed by atoms with Gasteiger partial charge in [0.25, 0.3) is 5.69 Å². The molecule has 2 atom stereocenters. The van der Waals surface area contributed by atoms with Gasteiger partial charge in [0.05, 0.1) is 9.82 Å². The van der Waals surface area contributed by atoms with Crippen molar-refractivity contribution in [1.29, 1.82) is 0 Å². The van der Waals surface area contributed by atoms with Crippen LogP contribution in [0.15, 0.2) is 29.2 Å². The van der Waals surface area contributed by atoms with Crippen molar-refractivity contribution in [2.45, 2.75) is 42.7 Å². The molecule has 2 aliphatic heterocycles. The minimum atomic E-state index is -3.98. The summed E-state index contributed by atoms with van der Waals surface area (Å²) in [5.41, 5.74) is -0.292. The van der Waals surface area contributed by atoms with E-state index in [9.17, 15) is 23.3 Å². The van der Waals surface area contributed by atoms with Gasteiger partial charge in [-0.25, -0.2) is 8.42 Å². The second-order valence-electron chi connectivity index (χ2n) is 6.58. The average Bonchev–Trinajstić information content (AvgIpc) is 3.13. The molecule has 2 N–H and O–H groups in total. The van der Waals surface area contributed by atoms with Crippen LogP contribution in [0.3, 0.4) is 0 Å². The Balaban J connectivity index is 0.00000261. The van der Waals surface area contributed by atoms with E-state index < -0.39 is 21.0 Å². The Morgan fingerprint density at radius 3 is 2.74 bits per heavy atom. The first-order valence-electron chi connectivity index (χ1n) is 8.67. The number of sulfonamides is 1. The number of nitro benzene ring substituents is 1. The molecule has 1 aromatic rings. The molecule has 1 unspecified atom stereocenters. The minimum absolute atomic E-state index is 0. The van der Waals surface area contributed by atoms with Crippen LogP contribution in [-0.4, -0.2) is 55.3 Å². The molecule has 150 valence electrons. The molecule has 27 heavy (non-hydrogen) atoms. The van der Waals surface area contributed by atoms with Crippen molar-refractivity contribution in [1.82, 2.24) is 14.9 Å². The van der Waals surface area contributed by atoms with Gasteiger partial charge in [-0.05, 0) is 38.3 Å². The first kappa shape index (κ1) is 21.5. The van der Waals surface area contributed by atoms with Gasteiger partial charge in [0, 0.05) is 31.3 Å². The van der Waals surface area contributed by atoms with E-state index >= 15 is 0 Å². The van der Waals surface area contributed by atoms with E-state index in [2.05, 4.69) is 10.6 Å². The lowest BCUT2D eigenvalue weighted by Crippen LogP contribution is -2.52. The second-order valence-corrected chi connectivity index (χ2v) is 8.47. The summed E-state index contributed by atoms with van der Waals surface area (Å²) in [4.78, 5) is 22.7. The van der Waals surface area contributed by atoms with Crippen LogP contribution in [-0.2, 0) is 14.8 Å². The van der Waals surface area contributed by atoms with E-state index in [1.165, 1.54) is 18.2 Å². The third-order valence-electron chi connectivity index (χ3n) is 4.78. The van der Waals surface area contributed by atoms with Crippen molar-refractivity contribution in [3.05, 3.63) is 34.4 Å². The molecule has 0 aromatic heterocycles. The van der Waals surface area contributed by atoms with Crippen molar-refractivity contribution in [2.75, 3.05) is 19.6 Å². The number of amides is 1. The van der Waals surface area contributed by atoms with Crippen LogP contribution >= 0.6 is 12.4 Å². The zero-order chi connectivity index (χ0) is 18.7. The number of non-ortho nitro benzene ring substituents is 1. The summed E-state index contributed by atoms with van der Waals surface area (Å²) in [6.07, 6.45) is 2.85. The van der Waals surface area contributed by atoms with E-state index in [0.29, 0.717) is 19.4 Å². The number of hydrogen-bond acceptors (Lipinski definition) is 6. The van der Waals surface area contributed by atoms with E-state index in [4.69, 9.17) is 0 Å². The molecular weight excluding hydrogens is 396 g/mol. The zero-order valence-corrected chi connectivity index (χ0v) is 16.3. The van der Waals surface area contributed by atoms with Crippen molar-refractivity contribution in [2.24, 2.45) is 0 Å². The maximum atomic E-state index is 12.9. The van der Waals surface area contributed by atoms with Gasteiger partial charge >= 0.3 is 0 Å². The highest BCUT2D eigenvalue weighted by Crippen LogP contribution is 2.28. The largest absolute Gasteiger partial charge is 0.351 e. The standard InChI is InChI=1S/C16H22N4O5S.ClH/c21-16(18-12-4-2-8-17-11-12)15-7-3-9-19(15)26(24,25)14-6-1-5-13(10-14)20(22)23;/h1,5-6,10,12,15,17H,2-4,7-9,11H2,(H,18,21);1H/t12-,15?;/m0./s1. The minimum Gasteiger partial charge on any atom is -0.351 e. The molecule has 11 heteroatoms. The Hall–Kier alpha value is -1.75. The first-order valence-corrected chi connectivity index (χ1v) is 10.1. The smallest absolute Gasteiger partial charge is 0.270 e. The predicted octanol–water partition coefficient (Wildman–Crippen LogP) is 1.04. The molecule has 9 nitrogen and oxygen atoms in total. The summed E-state index contributed by atoms with van der Waals surface area (Å²) in [6.45, 7) is 1.82. The highest BCUT2D eigenvalue weighted by atomic mass is 35.5. The summed E-state index contributed by atoms with van der Waals surface area (Å²) < 4.78 is 27.0. The van der Waals surface area contributed by atoms with Crippen LogP contribution in [0, 0.1) is 10.1 Å².